The van der Waals surface area contributed by atoms with Crippen LogP contribution in [0.4, 0.5) is 0 Å². The van der Waals surface area contributed by atoms with E-state index in [1.807, 2.05) is 24.3 Å². The van der Waals surface area contributed by atoms with Crippen LogP contribution in [-0.2, 0) is 17.0 Å². The van der Waals surface area contributed by atoms with Crippen LogP contribution in [0.15, 0.2) is 43.0 Å². The maximum atomic E-state index is 8.44. The van der Waals surface area contributed by atoms with Crippen LogP contribution in [0.5, 0.6) is 0 Å². The van der Waals surface area contributed by atoms with Crippen molar-refractivity contribution in [2.45, 2.75) is 6.42 Å². The van der Waals surface area contributed by atoms with Gasteiger partial charge in [0.05, 0.1) is 0 Å². The van der Waals surface area contributed by atoms with E-state index in [1.54, 1.807) is 0 Å². The minimum absolute atomic E-state index is 0.973. The standard InChI is InChI=1S/C9H10.O3S/c1-2-6-9-7-4-3-5-8-9;1-4(2)3/h2-5,7-8H,1,6H2;. The van der Waals surface area contributed by atoms with Crippen LogP contribution in [0.3, 0.4) is 0 Å². The van der Waals surface area contributed by atoms with E-state index >= 15 is 0 Å². The Bertz CT molecular complexity index is 332. The molecule has 0 heterocycles. The van der Waals surface area contributed by atoms with Crippen molar-refractivity contribution in [1.82, 2.24) is 0 Å². The predicted molar refractivity (Wildman–Crippen MR) is 50.0 cm³/mol. The Morgan fingerprint density at radius 2 is 1.62 bits per heavy atom. The van der Waals surface area contributed by atoms with Gasteiger partial charge in [0, 0.05) is 0 Å². The Balaban J connectivity index is 0.000000310. The summed E-state index contributed by atoms with van der Waals surface area (Å²) < 4.78 is 25.3. The summed E-state index contributed by atoms with van der Waals surface area (Å²) in [4.78, 5) is 0. The van der Waals surface area contributed by atoms with Crippen molar-refractivity contribution in [3.8, 4) is 0 Å². The van der Waals surface area contributed by atoms with E-state index in [2.05, 4.69) is 18.7 Å². The minimum atomic E-state index is -3.11. The van der Waals surface area contributed by atoms with Gasteiger partial charge >= 0.3 is 10.6 Å². The quantitative estimate of drug-likeness (QED) is 0.675. The highest BCUT2D eigenvalue weighted by atomic mass is 32.2. The summed E-state index contributed by atoms with van der Waals surface area (Å²) in [5.74, 6) is 0. The largest absolute Gasteiger partial charge is 0.425 e. The van der Waals surface area contributed by atoms with Crippen molar-refractivity contribution < 1.29 is 12.6 Å². The van der Waals surface area contributed by atoms with Gasteiger partial charge in [-0.2, -0.15) is 0 Å². The van der Waals surface area contributed by atoms with Gasteiger partial charge in [0.15, 0.2) is 0 Å². The molecule has 0 amide bonds. The van der Waals surface area contributed by atoms with Crippen molar-refractivity contribution in [1.29, 1.82) is 0 Å². The van der Waals surface area contributed by atoms with Crippen LogP contribution in [0, 0.1) is 0 Å². The first kappa shape index (κ1) is 11.6. The fourth-order valence-corrected chi connectivity index (χ4v) is 0.781. The van der Waals surface area contributed by atoms with Crippen LogP contribution < -0.4 is 0 Å². The fraction of sp³-hybridized carbons (Fsp3) is 0.111. The van der Waals surface area contributed by atoms with Gasteiger partial charge in [-0.05, 0) is 12.0 Å². The lowest BCUT2D eigenvalue weighted by atomic mass is 10.2. The maximum Gasteiger partial charge on any atom is 0.425 e. The van der Waals surface area contributed by atoms with Gasteiger partial charge in [-0.15, -0.1) is 19.2 Å². The molecule has 0 atom stereocenters. The molecule has 0 radical (unpaired) electrons. The van der Waals surface area contributed by atoms with Crippen molar-refractivity contribution in [2.75, 3.05) is 0 Å². The number of rotatable bonds is 2. The highest BCUT2D eigenvalue weighted by molar-refractivity contribution is 7.59. The molecule has 0 fully saturated rings. The van der Waals surface area contributed by atoms with E-state index in [1.165, 1.54) is 5.56 Å². The summed E-state index contributed by atoms with van der Waals surface area (Å²) in [5, 5.41) is 0. The zero-order chi connectivity index (χ0) is 10.1. The van der Waals surface area contributed by atoms with Gasteiger partial charge in [-0.25, -0.2) is 0 Å². The summed E-state index contributed by atoms with van der Waals surface area (Å²) in [7, 11) is -3.11. The van der Waals surface area contributed by atoms with E-state index in [0.717, 1.165) is 6.42 Å². The molecular weight excluding hydrogens is 188 g/mol. The molecule has 0 saturated carbocycles. The monoisotopic (exact) mass is 198 g/mol. The third-order valence-electron chi connectivity index (χ3n) is 1.22. The zero-order valence-electron chi connectivity index (χ0n) is 7.01. The van der Waals surface area contributed by atoms with E-state index in [-0.39, 0.29) is 0 Å². The van der Waals surface area contributed by atoms with Crippen molar-refractivity contribution in [2.24, 2.45) is 0 Å². The summed E-state index contributed by atoms with van der Waals surface area (Å²) in [6.07, 6.45) is 2.89. The molecule has 1 aromatic carbocycles. The smallest absolute Gasteiger partial charge is 0.142 e. The molecular formula is C9H10O3S. The number of hydrogen-bond acceptors (Lipinski definition) is 3. The van der Waals surface area contributed by atoms with Crippen LogP contribution >= 0.6 is 0 Å². The average Bonchev–Trinajstić information content (AvgIpc) is 2.06. The van der Waals surface area contributed by atoms with Gasteiger partial charge in [-0.1, -0.05) is 36.4 Å². The molecule has 0 aliphatic carbocycles. The lowest BCUT2D eigenvalue weighted by Gasteiger charge is -1.91. The third kappa shape index (κ3) is 8.49. The van der Waals surface area contributed by atoms with E-state index in [9.17, 15) is 0 Å². The minimum Gasteiger partial charge on any atom is -0.142 e. The molecule has 0 spiro atoms. The second kappa shape index (κ2) is 7.24. The highest BCUT2D eigenvalue weighted by Gasteiger charge is 1.82. The van der Waals surface area contributed by atoms with E-state index < -0.39 is 10.6 Å². The molecule has 0 saturated heterocycles. The van der Waals surface area contributed by atoms with Gasteiger partial charge in [-0.3, -0.25) is 0 Å². The Kier molecular flexibility index (Phi) is 6.45. The molecule has 1 aromatic rings. The van der Waals surface area contributed by atoms with Crippen LogP contribution in [0.25, 0.3) is 0 Å². The fourth-order valence-electron chi connectivity index (χ4n) is 0.781. The summed E-state index contributed by atoms with van der Waals surface area (Å²) in [6.45, 7) is 3.66. The van der Waals surface area contributed by atoms with Gasteiger partial charge in [0.1, 0.15) is 0 Å². The molecule has 0 bridgehead atoms. The first-order valence-corrected chi connectivity index (χ1v) is 4.58. The average molecular weight is 198 g/mol. The maximum absolute atomic E-state index is 8.44. The second-order valence-electron chi connectivity index (χ2n) is 2.18. The molecule has 13 heavy (non-hydrogen) atoms. The second-order valence-corrected chi connectivity index (χ2v) is 2.59. The van der Waals surface area contributed by atoms with Crippen molar-refractivity contribution in [3.63, 3.8) is 0 Å². The lowest BCUT2D eigenvalue weighted by Crippen LogP contribution is -1.75. The number of allylic oxidation sites excluding steroid dienone is 1. The Morgan fingerprint density at radius 1 is 1.15 bits per heavy atom. The van der Waals surface area contributed by atoms with Crippen LogP contribution in [-0.4, -0.2) is 12.6 Å². The van der Waals surface area contributed by atoms with E-state index in [0.29, 0.717) is 0 Å². The topological polar surface area (TPSA) is 51.2 Å². The van der Waals surface area contributed by atoms with E-state index in [4.69, 9.17) is 12.6 Å². The Labute approximate surface area is 78.8 Å². The van der Waals surface area contributed by atoms with Crippen LogP contribution in [0.2, 0.25) is 0 Å². The molecule has 0 aromatic heterocycles. The highest BCUT2D eigenvalue weighted by Crippen LogP contribution is 1.98. The number of benzene rings is 1. The molecule has 0 unspecified atom stereocenters. The normalized spacial score (nSPS) is 8.00. The molecule has 1 rings (SSSR count). The third-order valence-corrected chi connectivity index (χ3v) is 1.22. The number of hydrogen-bond donors (Lipinski definition) is 0. The predicted octanol–water partition coefficient (Wildman–Crippen LogP) is 1.41. The lowest BCUT2D eigenvalue weighted by molar-refractivity contribution is 0.559. The summed E-state index contributed by atoms with van der Waals surface area (Å²) in [5.41, 5.74) is 1.33. The molecule has 0 N–H and O–H groups in total. The summed E-state index contributed by atoms with van der Waals surface area (Å²) >= 11 is 0. The Morgan fingerprint density at radius 3 is 2.00 bits per heavy atom. The van der Waals surface area contributed by atoms with Gasteiger partial charge in [0.2, 0.25) is 0 Å². The van der Waals surface area contributed by atoms with Gasteiger partial charge in [0.25, 0.3) is 0 Å². The van der Waals surface area contributed by atoms with Gasteiger partial charge < -0.3 is 0 Å². The molecule has 0 aliphatic heterocycles. The molecule has 70 valence electrons. The molecule has 0 aliphatic rings. The van der Waals surface area contributed by atoms with Crippen molar-refractivity contribution in [3.05, 3.63) is 48.6 Å². The molecule has 4 heteroatoms. The first-order chi connectivity index (χ1) is 6.16. The summed E-state index contributed by atoms with van der Waals surface area (Å²) in [6, 6.07) is 10.3. The van der Waals surface area contributed by atoms with Crippen molar-refractivity contribution >= 4 is 10.6 Å². The SMILES string of the molecule is C=CCc1ccccc1.O=S(=O)=O. The Hall–Kier alpha value is -1.42. The molecule has 3 nitrogen and oxygen atoms in total. The van der Waals surface area contributed by atoms with Crippen LogP contribution in [0.1, 0.15) is 5.56 Å². The first-order valence-electron chi connectivity index (χ1n) is 3.58. The zero-order valence-corrected chi connectivity index (χ0v) is 7.83.